The van der Waals surface area contributed by atoms with E-state index in [2.05, 4.69) is 5.32 Å². The number of hydrogen-bond acceptors (Lipinski definition) is 3. The SMILES string of the molecule is Cl.Clc1ccccc1-c1ccc(CNCc2ccco2)o1. The molecule has 2 aromatic heterocycles. The van der Waals surface area contributed by atoms with Crippen molar-refractivity contribution in [2.45, 2.75) is 13.1 Å². The molecule has 3 nitrogen and oxygen atoms in total. The van der Waals surface area contributed by atoms with Gasteiger partial charge in [0.1, 0.15) is 17.3 Å². The Morgan fingerprint density at radius 2 is 1.71 bits per heavy atom. The Balaban J connectivity index is 0.00000161. The lowest BCUT2D eigenvalue weighted by atomic mass is 10.2. The molecule has 1 N–H and O–H groups in total. The molecule has 110 valence electrons. The first-order valence-corrected chi connectivity index (χ1v) is 6.77. The maximum atomic E-state index is 6.15. The summed E-state index contributed by atoms with van der Waals surface area (Å²) in [6.07, 6.45) is 1.67. The largest absolute Gasteiger partial charge is 0.468 e. The third-order valence-electron chi connectivity index (χ3n) is 2.98. The number of benzene rings is 1. The van der Waals surface area contributed by atoms with Crippen molar-refractivity contribution in [3.05, 3.63) is 71.3 Å². The monoisotopic (exact) mass is 323 g/mol. The third-order valence-corrected chi connectivity index (χ3v) is 3.31. The van der Waals surface area contributed by atoms with Gasteiger partial charge >= 0.3 is 0 Å². The van der Waals surface area contributed by atoms with Crippen molar-refractivity contribution in [2.75, 3.05) is 0 Å². The van der Waals surface area contributed by atoms with Crippen LogP contribution in [0.4, 0.5) is 0 Å². The van der Waals surface area contributed by atoms with Crippen molar-refractivity contribution >= 4 is 24.0 Å². The summed E-state index contributed by atoms with van der Waals surface area (Å²) in [7, 11) is 0. The van der Waals surface area contributed by atoms with Crippen LogP contribution in [0, 0.1) is 0 Å². The van der Waals surface area contributed by atoms with E-state index in [-0.39, 0.29) is 12.4 Å². The van der Waals surface area contributed by atoms with E-state index in [9.17, 15) is 0 Å². The van der Waals surface area contributed by atoms with Gasteiger partial charge in [0.05, 0.1) is 24.4 Å². The van der Waals surface area contributed by atoms with Crippen molar-refractivity contribution in [1.29, 1.82) is 0 Å². The number of nitrogens with one attached hydrogen (secondary N) is 1. The quantitative estimate of drug-likeness (QED) is 0.725. The molecule has 0 saturated carbocycles. The molecule has 1 aromatic carbocycles. The van der Waals surface area contributed by atoms with E-state index in [0.29, 0.717) is 18.1 Å². The van der Waals surface area contributed by atoms with Crippen LogP contribution in [-0.4, -0.2) is 0 Å². The van der Waals surface area contributed by atoms with Gasteiger partial charge in [-0.25, -0.2) is 0 Å². The molecule has 0 fully saturated rings. The van der Waals surface area contributed by atoms with Gasteiger partial charge in [0.2, 0.25) is 0 Å². The molecule has 0 unspecified atom stereocenters. The van der Waals surface area contributed by atoms with E-state index >= 15 is 0 Å². The molecule has 3 aromatic rings. The third kappa shape index (κ3) is 3.91. The van der Waals surface area contributed by atoms with Gasteiger partial charge in [0.15, 0.2) is 0 Å². The first-order chi connectivity index (χ1) is 9.83. The molecule has 21 heavy (non-hydrogen) atoms. The van der Waals surface area contributed by atoms with Crippen LogP contribution >= 0.6 is 24.0 Å². The second-order valence-electron chi connectivity index (χ2n) is 4.43. The van der Waals surface area contributed by atoms with Crippen LogP contribution in [0.5, 0.6) is 0 Å². The Morgan fingerprint density at radius 3 is 2.48 bits per heavy atom. The Kier molecular flexibility index (Phi) is 5.51. The van der Waals surface area contributed by atoms with Crippen LogP contribution in [0.15, 0.2) is 63.6 Å². The number of furan rings is 2. The van der Waals surface area contributed by atoms with Crippen molar-refractivity contribution in [3.8, 4) is 11.3 Å². The highest BCUT2D eigenvalue weighted by Gasteiger charge is 2.07. The smallest absolute Gasteiger partial charge is 0.135 e. The van der Waals surface area contributed by atoms with E-state index < -0.39 is 0 Å². The molecule has 0 aliphatic carbocycles. The predicted molar refractivity (Wildman–Crippen MR) is 85.7 cm³/mol. The Hall–Kier alpha value is -1.68. The molecule has 0 bridgehead atoms. The maximum Gasteiger partial charge on any atom is 0.135 e. The summed E-state index contributed by atoms with van der Waals surface area (Å²) >= 11 is 6.15. The first kappa shape index (κ1) is 15.7. The molecule has 0 aliphatic rings. The molecule has 0 spiro atoms. The fourth-order valence-corrected chi connectivity index (χ4v) is 2.23. The summed E-state index contributed by atoms with van der Waals surface area (Å²) < 4.78 is 11.0. The number of hydrogen-bond donors (Lipinski definition) is 1. The van der Waals surface area contributed by atoms with E-state index in [4.69, 9.17) is 20.4 Å². The minimum atomic E-state index is 0. The maximum absolute atomic E-state index is 6.15. The molecule has 0 amide bonds. The summed E-state index contributed by atoms with van der Waals surface area (Å²) in [5.74, 6) is 2.56. The summed E-state index contributed by atoms with van der Waals surface area (Å²) in [5, 5.41) is 3.95. The van der Waals surface area contributed by atoms with Gasteiger partial charge in [-0.3, -0.25) is 0 Å². The minimum Gasteiger partial charge on any atom is -0.468 e. The van der Waals surface area contributed by atoms with Crippen LogP contribution in [0.2, 0.25) is 5.02 Å². The van der Waals surface area contributed by atoms with Gasteiger partial charge < -0.3 is 14.2 Å². The van der Waals surface area contributed by atoms with Crippen LogP contribution in [-0.2, 0) is 13.1 Å². The Labute approximate surface area is 134 Å². The van der Waals surface area contributed by atoms with Gasteiger partial charge in [-0.2, -0.15) is 0 Å². The molecule has 2 heterocycles. The summed E-state index contributed by atoms with van der Waals surface area (Å²) in [6, 6.07) is 15.3. The van der Waals surface area contributed by atoms with Crippen LogP contribution in [0.25, 0.3) is 11.3 Å². The minimum absolute atomic E-state index is 0. The second-order valence-corrected chi connectivity index (χ2v) is 4.84. The van der Waals surface area contributed by atoms with E-state index in [1.807, 2.05) is 48.5 Å². The predicted octanol–water partition coefficient (Wildman–Crippen LogP) is 4.90. The van der Waals surface area contributed by atoms with Gasteiger partial charge in [-0.15, -0.1) is 12.4 Å². The molecule has 0 atom stereocenters. The van der Waals surface area contributed by atoms with Gasteiger partial charge in [0.25, 0.3) is 0 Å². The lowest BCUT2D eigenvalue weighted by Gasteiger charge is -2.01. The lowest BCUT2D eigenvalue weighted by molar-refractivity contribution is 0.455. The number of rotatable bonds is 5. The zero-order valence-electron chi connectivity index (χ0n) is 11.2. The van der Waals surface area contributed by atoms with Crippen molar-refractivity contribution in [3.63, 3.8) is 0 Å². The summed E-state index contributed by atoms with van der Waals surface area (Å²) in [6.45, 7) is 1.32. The molecule has 0 aliphatic heterocycles. The Morgan fingerprint density at radius 1 is 0.905 bits per heavy atom. The summed E-state index contributed by atoms with van der Waals surface area (Å²) in [5.41, 5.74) is 0.909. The normalized spacial score (nSPS) is 10.3. The van der Waals surface area contributed by atoms with Crippen molar-refractivity contribution < 1.29 is 8.83 Å². The average molecular weight is 324 g/mol. The summed E-state index contributed by atoms with van der Waals surface area (Å²) in [4.78, 5) is 0. The highest BCUT2D eigenvalue weighted by atomic mass is 35.5. The van der Waals surface area contributed by atoms with Gasteiger partial charge in [0, 0.05) is 5.56 Å². The highest BCUT2D eigenvalue weighted by Crippen LogP contribution is 2.28. The average Bonchev–Trinajstić information content (AvgIpc) is 3.11. The molecule has 0 saturated heterocycles. The van der Waals surface area contributed by atoms with Gasteiger partial charge in [-0.1, -0.05) is 23.7 Å². The standard InChI is InChI=1S/C16H14ClNO2.ClH/c17-15-6-2-1-5-14(15)16-8-7-13(20-16)11-18-10-12-4-3-9-19-12;/h1-9,18H,10-11H2;1H. The molecular weight excluding hydrogens is 309 g/mol. The highest BCUT2D eigenvalue weighted by molar-refractivity contribution is 6.33. The zero-order chi connectivity index (χ0) is 13.8. The molecule has 0 radical (unpaired) electrons. The Bertz CT molecular complexity index is 677. The van der Waals surface area contributed by atoms with E-state index in [1.165, 1.54) is 0 Å². The van der Waals surface area contributed by atoms with Crippen LogP contribution < -0.4 is 5.32 Å². The van der Waals surface area contributed by atoms with Crippen molar-refractivity contribution in [2.24, 2.45) is 0 Å². The molecule has 3 rings (SSSR count). The fourth-order valence-electron chi connectivity index (χ4n) is 2.00. The van der Waals surface area contributed by atoms with E-state index in [0.717, 1.165) is 22.8 Å². The molecular formula is C16H15Cl2NO2. The van der Waals surface area contributed by atoms with Crippen LogP contribution in [0.3, 0.4) is 0 Å². The molecule has 5 heteroatoms. The zero-order valence-corrected chi connectivity index (χ0v) is 12.8. The second kappa shape index (κ2) is 7.36. The van der Waals surface area contributed by atoms with E-state index in [1.54, 1.807) is 6.26 Å². The van der Waals surface area contributed by atoms with Crippen molar-refractivity contribution in [1.82, 2.24) is 5.32 Å². The number of halogens is 2. The fraction of sp³-hybridized carbons (Fsp3) is 0.125. The first-order valence-electron chi connectivity index (χ1n) is 6.39. The lowest BCUT2D eigenvalue weighted by Crippen LogP contribution is -2.11. The van der Waals surface area contributed by atoms with Gasteiger partial charge in [-0.05, 0) is 36.4 Å². The topological polar surface area (TPSA) is 38.3 Å². The van der Waals surface area contributed by atoms with Crippen LogP contribution in [0.1, 0.15) is 11.5 Å².